The van der Waals surface area contributed by atoms with Crippen molar-refractivity contribution in [1.29, 1.82) is 0 Å². The Balaban J connectivity index is 2.22. The molecule has 1 amide bonds. The minimum absolute atomic E-state index is 0.0180. The van der Waals surface area contributed by atoms with Gasteiger partial charge in [0.15, 0.2) is 0 Å². The zero-order valence-electron chi connectivity index (χ0n) is 13.3. The molecule has 0 aliphatic rings. The smallest absolute Gasteiger partial charge is 0.262 e. The number of hydrogen-bond acceptors (Lipinski definition) is 4. The average Bonchev–Trinajstić information content (AvgIpc) is 2.59. The molecule has 0 radical (unpaired) electrons. The Hall–Kier alpha value is -1.89. The number of benzene rings is 1. The van der Waals surface area contributed by atoms with E-state index < -0.39 is 17.5 Å². The number of aromatic nitrogens is 1. The molecular weight excluding hydrogens is 368 g/mol. The van der Waals surface area contributed by atoms with E-state index >= 15 is 4.39 Å². The SMILES string of the molecule is NCCC[C@@](F)(C(=O)NCc1ccc(Cl)cc1Cl)c1cccnc1O. The molecule has 2 rings (SSSR count). The normalized spacial score (nSPS) is 13.3. The first kappa shape index (κ1) is 19.4. The van der Waals surface area contributed by atoms with Gasteiger partial charge in [-0.25, -0.2) is 9.37 Å². The molecule has 0 fully saturated rings. The van der Waals surface area contributed by atoms with Crippen molar-refractivity contribution in [1.82, 2.24) is 10.3 Å². The zero-order valence-corrected chi connectivity index (χ0v) is 14.8. The number of aromatic hydroxyl groups is 1. The Morgan fingerprint density at radius 1 is 1.36 bits per heavy atom. The maximum atomic E-state index is 15.5. The number of hydrogen-bond donors (Lipinski definition) is 3. The third kappa shape index (κ3) is 4.60. The van der Waals surface area contributed by atoms with Gasteiger partial charge in [0.25, 0.3) is 5.91 Å². The van der Waals surface area contributed by atoms with E-state index in [9.17, 15) is 9.90 Å². The fourth-order valence-corrected chi connectivity index (χ4v) is 2.88. The maximum Gasteiger partial charge on any atom is 0.262 e. The molecule has 1 aromatic carbocycles. The van der Waals surface area contributed by atoms with Gasteiger partial charge in [-0.05, 0) is 49.2 Å². The summed E-state index contributed by atoms with van der Waals surface area (Å²) in [5, 5.41) is 13.2. The van der Waals surface area contributed by atoms with Crippen LogP contribution >= 0.6 is 23.2 Å². The van der Waals surface area contributed by atoms with Crippen LogP contribution in [0.15, 0.2) is 36.5 Å². The second-order valence-corrected chi connectivity index (χ2v) is 6.33. The van der Waals surface area contributed by atoms with Crippen LogP contribution in [0.25, 0.3) is 0 Å². The molecule has 0 saturated heterocycles. The molecule has 5 nitrogen and oxygen atoms in total. The summed E-state index contributed by atoms with van der Waals surface area (Å²) in [6.45, 7) is 0.229. The van der Waals surface area contributed by atoms with Crippen LogP contribution in [0.3, 0.4) is 0 Å². The second kappa shape index (κ2) is 8.47. The van der Waals surface area contributed by atoms with Crippen LogP contribution in [0.2, 0.25) is 10.0 Å². The lowest BCUT2D eigenvalue weighted by atomic mass is 9.90. The van der Waals surface area contributed by atoms with E-state index in [0.717, 1.165) is 0 Å². The van der Waals surface area contributed by atoms with Gasteiger partial charge in [-0.2, -0.15) is 0 Å². The average molecular weight is 386 g/mol. The molecular formula is C17H18Cl2FN3O2. The molecule has 0 bridgehead atoms. The number of nitrogens with zero attached hydrogens (tertiary/aromatic N) is 1. The molecule has 0 unspecified atom stereocenters. The molecule has 0 aliphatic heterocycles. The number of rotatable bonds is 7. The quantitative estimate of drug-likeness (QED) is 0.681. The maximum absolute atomic E-state index is 15.5. The lowest BCUT2D eigenvalue weighted by Gasteiger charge is -2.25. The van der Waals surface area contributed by atoms with Gasteiger partial charge in [0, 0.05) is 22.8 Å². The Morgan fingerprint density at radius 2 is 2.12 bits per heavy atom. The monoisotopic (exact) mass is 385 g/mol. The van der Waals surface area contributed by atoms with Crippen LogP contribution in [0.5, 0.6) is 5.88 Å². The van der Waals surface area contributed by atoms with Gasteiger partial charge in [0.2, 0.25) is 11.5 Å². The molecule has 8 heteroatoms. The first-order valence-electron chi connectivity index (χ1n) is 7.64. The van der Waals surface area contributed by atoms with Crippen LogP contribution < -0.4 is 11.1 Å². The van der Waals surface area contributed by atoms with Gasteiger partial charge >= 0.3 is 0 Å². The summed E-state index contributed by atoms with van der Waals surface area (Å²) in [7, 11) is 0. The van der Waals surface area contributed by atoms with Crippen molar-refractivity contribution in [3.63, 3.8) is 0 Å². The van der Waals surface area contributed by atoms with Crippen molar-refractivity contribution in [3.8, 4) is 5.88 Å². The Kier molecular flexibility index (Phi) is 6.58. The number of halogens is 3. The van der Waals surface area contributed by atoms with Crippen molar-refractivity contribution < 1.29 is 14.3 Å². The highest BCUT2D eigenvalue weighted by Crippen LogP contribution is 2.36. The fraction of sp³-hybridized carbons (Fsp3) is 0.294. The summed E-state index contributed by atoms with van der Waals surface area (Å²) in [6.07, 6.45) is 1.40. The lowest BCUT2D eigenvalue weighted by Crippen LogP contribution is -2.41. The van der Waals surface area contributed by atoms with Gasteiger partial charge in [0.1, 0.15) is 0 Å². The molecule has 0 saturated carbocycles. The van der Waals surface area contributed by atoms with Crippen LogP contribution in [-0.4, -0.2) is 22.5 Å². The summed E-state index contributed by atoms with van der Waals surface area (Å²) in [6, 6.07) is 7.59. The van der Waals surface area contributed by atoms with Gasteiger partial charge in [0.05, 0.1) is 5.56 Å². The summed E-state index contributed by atoms with van der Waals surface area (Å²) in [5.41, 5.74) is 3.40. The molecule has 134 valence electrons. The number of carbonyl (C=O) groups is 1. The van der Waals surface area contributed by atoms with E-state index in [1.807, 2.05) is 0 Å². The first-order valence-corrected chi connectivity index (χ1v) is 8.39. The number of nitrogens with two attached hydrogens (primary N) is 1. The van der Waals surface area contributed by atoms with Gasteiger partial charge in [-0.3, -0.25) is 4.79 Å². The fourth-order valence-electron chi connectivity index (χ4n) is 2.40. The molecule has 4 N–H and O–H groups in total. The van der Waals surface area contributed by atoms with E-state index in [1.165, 1.54) is 24.4 Å². The number of carbonyl (C=O) groups excluding carboxylic acids is 1. The Labute approximate surface area is 155 Å². The van der Waals surface area contributed by atoms with Gasteiger partial charge < -0.3 is 16.2 Å². The summed E-state index contributed by atoms with van der Waals surface area (Å²) < 4.78 is 15.5. The molecule has 1 atom stereocenters. The van der Waals surface area contributed by atoms with E-state index in [-0.39, 0.29) is 31.5 Å². The molecule has 1 aromatic heterocycles. The number of alkyl halides is 1. The lowest BCUT2D eigenvalue weighted by molar-refractivity contribution is -0.134. The van der Waals surface area contributed by atoms with E-state index in [1.54, 1.807) is 12.1 Å². The largest absolute Gasteiger partial charge is 0.493 e. The highest BCUT2D eigenvalue weighted by Gasteiger charge is 2.42. The van der Waals surface area contributed by atoms with Crippen molar-refractivity contribution in [3.05, 3.63) is 57.7 Å². The molecule has 0 spiro atoms. The topological polar surface area (TPSA) is 88.2 Å². The van der Waals surface area contributed by atoms with Crippen LogP contribution in [0.4, 0.5) is 4.39 Å². The number of pyridine rings is 1. The highest BCUT2D eigenvalue weighted by molar-refractivity contribution is 6.35. The predicted octanol–water partition coefficient (Wildman–Crippen LogP) is 3.31. The molecule has 1 heterocycles. The number of nitrogens with one attached hydrogen (secondary N) is 1. The highest BCUT2D eigenvalue weighted by atomic mass is 35.5. The van der Waals surface area contributed by atoms with Gasteiger partial charge in [-0.1, -0.05) is 29.3 Å². The summed E-state index contributed by atoms with van der Waals surface area (Å²) in [4.78, 5) is 16.2. The molecule has 2 aromatic rings. The third-order valence-corrected chi connectivity index (χ3v) is 4.34. The standard InChI is InChI=1S/C17H18Cl2FN3O2/c18-12-5-4-11(14(19)9-12)10-23-16(25)17(20,6-2-7-21)13-3-1-8-22-15(13)24/h1,3-5,8-9H,2,6-7,10,21H2,(H,22,24)(H,23,25)/t17-/m0/s1. The van der Waals surface area contributed by atoms with Crippen LogP contribution in [0.1, 0.15) is 24.0 Å². The van der Waals surface area contributed by atoms with Gasteiger partial charge in [-0.15, -0.1) is 0 Å². The molecule has 0 aliphatic carbocycles. The predicted molar refractivity (Wildman–Crippen MR) is 95.3 cm³/mol. The third-order valence-electron chi connectivity index (χ3n) is 3.75. The van der Waals surface area contributed by atoms with Crippen molar-refractivity contribution >= 4 is 29.1 Å². The van der Waals surface area contributed by atoms with E-state index in [4.69, 9.17) is 28.9 Å². The summed E-state index contributed by atoms with van der Waals surface area (Å²) >= 11 is 11.9. The van der Waals surface area contributed by atoms with Crippen LogP contribution in [0, 0.1) is 0 Å². The zero-order chi connectivity index (χ0) is 18.4. The first-order chi connectivity index (χ1) is 11.9. The summed E-state index contributed by atoms with van der Waals surface area (Å²) in [5.74, 6) is -1.42. The van der Waals surface area contributed by atoms with Crippen molar-refractivity contribution in [2.45, 2.75) is 25.1 Å². The van der Waals surface area contributed by atoms with Crippen LogP contribution in [-0.2, 0) is 17.0 Å². The minimum atomic E-state index is -2.45. The Morgan fingerprint density at radius 3 is 2.76 bits per heavy atom. The second-order valence-electron chi connectivity index (χ2n) is 5.49. The molecule has 25 heavy (non-hydrogen) atoms. The van der Waals surface area contributed by atoms with E-state index in [2.05, 4.69) is 10.3 Å². The van der Waals surface area contributed by atoms with Crippen molar-refractivity contribution in [2.75, 3.05) is 6.54 Å². The minimum Gasteiger partial charge on any atom is -0.493 e. The Bertz CT molecular complexity index is 760. The van der Waals surface area contributed by atoms with E-state index in [0.29, 0.717) is 15.6 Å². The van der Waals surface area contributed by atoms with Crippen molar-refractivity contribution in [2.24, 2.45) is 5.73 Å². The number of amides is 1.